The second-order valence-corrected chi connectivity index (χ2v) is 4.45. The van der Waals surface area contributed by atoms with E-state index < -0.39 is 0 Å². The first-order valence-corrected chi connectivity index (χ1v) is 6.26. The normalized spacial score (nSPS) is 19.9. The predicted octanol–water partition coefficient (Wildman–Crippen LogP) is 2.26. The van der Waals surface area contributed by atoms with Crippen LogP contribution in [0, 0.1) is 5.41 Å². The molecule has 0 aromatic heterocycles. The lowest BCUT2D eigenvalue weighted by molar-refractivity contribution is 0.392. The van der Waals surface area contributed by atoms with Crippen LogP contribution in [-0.2, 0) is 0 Å². The summed E-state index contributed by atoms with van der Waals surface area (Å²) in [7, 11) is 0. The van der Waals surface area contributed by atoms with E-state index in [2.05, 4.69) is 17.0 Å². The van der Waals surface area contributed by atoms with Crippen molar-refractivity contribution in [3.63, 3.8) is 0 Å². The third kappa shape index (κ3) is 2.40. The van der Waals surface area contributed by atoms with Gasteiger partial charge in [0.25, 0.3) is 0 Å². The van der Waals surface area contributed by atoms with Crippen LogP contribution in [0.25, 0.3) is 0 Å². The number of hydrogen-bond acceptors (Lipinski definition) is 4. The van der Waals surface area contributed by atoms with Crippen LogP contribution in [-0.4, -0.2) is 29.5 Å². The molecule has 0 atom stereocenters. The zero-order valence-corrected chi connectivity index (χ0v) is 10.6. The molecular weight excluding hydrogens is 212 g/mol. The summed E-state index contributed by atoms with van der Waals surface area (Å²) < 4.78 is 0. The molecule has 2 aliphatic rings. The fourth-order valence-electron chi connectivity index (χ4n) is 1.89. The average Bonchev–Trinajstić information content (AvgIpc) is 3.13. The van der Waals surface area contributed by atoms with E-state index in [1.807, 2.05) is 25.1 Å². The molecule has 0 aromatic rings. The van der Waals surface area contributed by atoms with Gasteiger partial charge in [-0.3, -0.25) is 5.01 Å². The molecule has 4 heteroatoms. The van der Waals surface area contributed by atoms with Gasteiger partial charge >= 0.3 is 0 Å². The van der Waals surface area contributed by atoms with Crippen LogP contribution in [0.4, 0.5) is 0 Å². The van der Waals surface area contributed by atoms with Gasteiger partial charge in [-0.05, 0) is 26.2 Å². The first kappa shape index (κ1) is 11.9. The molecule has 92 valence electrons. The standard InChI is InChI=1S/C13H20N4/c1-4-11(14)13-9(3)17(5-2)15-8-12(13)16-10-6-7-10/h8,10,14,16H,3-7H2,1-2H3. The van der Waals surface area contributed by atoms with Crippen LogP contribution in [0.15, 0.2) is 28.6 Å². The third-order valence-electron chi connectivity index (χ3n) is 3.09. The highest BCUT2D eigenvalue weighted by atomic mass is 15.5. The third-order valence-corrected chi connectivity index (χ3v) is 3.09. The fourth-order valence-corrected chi connectivity index (χ4v) is 1.89. The topological polar surface area (TPSA) is 51.5 Å². The van der Waals surface area contributed by atoms with Crippen LogP contribution < -0.4 is 5.32 Å². The van der Waals surface area contributed by atoms with Gasteiger partial charge in [-0.1, -0.05) is 13.5 Å². The molecule has 0 aromatic carbocycles. The van der Waals surface area contributed by atoms with Crippen LogP contribution in [0.5, 0.6) is 0 Å². The van der Waals surface area contributed by atoms with Crippen molar-refractivity contribution >= 4 is 11.9 Å². The second kappa shape index (κ2) is 4.73. The molecule has 1 aliphatic carbocycles. The fraction of sp³-hybridized carbons (Fsp3) is 0.538. The van der Waals surface area contributed by atoms with E-state index in [-0.39, 0.29) is 0 Å². The Kier molecular flexibility index (Phi) is 3.31. The first-order valence-electron chi connectivity index (χ1n) is 6.26. The number of nitrogens with zero attached hydrogens (tertiary/aromatic N) is 2. The minimum absolute atomic E-state index is 0.567. The van der Waals surface area contributed by atoms with Gasteiger partial charge in [0.1, 0.15) is 0 Å². The van der Waals surface area contributed by atoms with E-state index in [0.29, 0.717) is 11.8 Å². The maximum absolute atomic E-state index is 8.08. The van der Waals surface area contributed by atoms with Gasteiger partial charge in [-0.2, -0.15) is 5.10 Å². The van der Waals surface area contributed by atoms with Gasteiger partial charge < -0.3 is 10.7 Å². The maximum Gasteiger partial charge on any atom is 0.0714 e. The van der Waals surface area contributed by atoms with Crippen LogP contribution in [0.1, 0.15) is 33.1 Å². The van der Waals surface area contributed by atoms with Crippen molar-refractivity contribution in [3.05, 3.63) is 23.5 Å². The van der Waals surface area contributed by atoms with E-state index >= 15 is 0 Å². The molecule has 4 nitrogen and oxygen atoms in total. The summed E-state index contributed by atoms with van der Waals surface area (Å²) in [5.41, 5.74) is 3.36. The Labute approximate surface area is 103 Å². The van der Waals surface area contributed by atoms with Crippen molar-refractivity contribution in [3.8, 4) is 0 Å². The van der Waals surface area contributed by atoms with Gasteiger partial charge in [0.15, 0.2) is 0 Å². The Morgan fingerprint density at radius 3 is 2.82 bits per heavy atom. The molecule has 0 unspecified atom stereocenters. The molecule has 2 rings (SSSR count). The summed E-state index contributed by atoms with van der Waals surface area (Å²) in [6, 6.07) is 0.567. The molecule has 0 amide bonds. The molecule has 1 aliphatic heterocycles. The number of rotatable bonds is 5. The molecule has 0 saturated heterocycles. The van der Waals surface area contributed by atoms with Crippen molar-refractivity contribution < 1.29 is 0 Å². The van der Waals surface area contributed by atoms with Crippen LogP contribution in [0.2, 0.25) is 0 Å². The lowest BCUT2D eigenvalue weighted by Crippen LogP contribution is -2.31. The van der Waals surface area contributed by atoms with E-state index in [4.69, 9.17) is 5.41 Å². The van der Waals surface area contributed by atoms with Gasteiger partial charge in [0, 0.05) is 23.9 Å². The minimum atomic E-state index is 0.567. The number of allylic oxidation sites excluding steroid dienone is 2. The highest BCUT2D eigenvalue weighted by Gasteiger charge is 2.26. The van der Waals surface area contributed by atoms with Crippen molar-refractivity contribution in [1.82, 2.24) is 10.3 Å². The van der Waals surface area contributed by atoms with Gasteiger partial charge in [-0.15, -0.1) is 0 Å². The Bertz CT molecular complexity index is 402. The smallest absolute Gasteiger partial charge is 0.0714 e. The lowest BCUT2D eigenvalue weighted by atomic mass is 10.0. The maximum atomic E-state index is 8.08. The average molecular weight is 232 g/mol. The first-order chi connectivity index (χ1) is 8.17. The number of hydrazone groups is 1. The Morgan fingerprint density at radius 2 is 2.29 bits per heavy atom. The number of nitrogens with one attached hydrogen (secondary N) is 2. The summed E-state index contributed by atoms with van der Waals surface area (Å²) in [6.45, 7) is 8.89. The summed E-state index contributed by atoms with van der Waals surface area (Å²) in [5, 5.41) is 17.7. The van der Waals surface area contributed by atoms with E-state index in [1.54, 1.807) is 0 Å². The quantitative estimate of drug-likeness (QED) is 0.714. The predicted molar refractivity (Wildman–Crippen MR) is 71.2 cm³/mol. The molecule has 0 spiro atoms. The SMILES string of the molecule is C=C1C(C(=N)CC)=C(NC2CC2)C=NN1CC. The minimum Gasteiger partial charge on any atom is -0.380 e. The van der Waals surface area contributed by atoms with Crippen LogP contribution in [0.3, 0.4) is 0 Å². The van der Waals surface area contributed by atoms with E-state index in [9.17, 15) is 0 Å². The van der Waals surface area contributed by atoms with Crippen molar-refractivity contribution in [2.75, 3.05) is 6.54 Å². The van der Waals surface area contributed by atoms with Gasteiger partial charge in [0.2, 0.25) is 0 Å². The molecule has 0 bridgehead atoms. The number of likely N-dealkylation sites (N-methyl/N-ethyl adjacent to an activating group) is 1. The highest BCUT2D eigenvalue weighted by molar-refractivity contribution is 6.06. The second-order valence-electron chi connectivity index (χ2n) is 4.45. The largest absolute Gasteiger partial charge is 0.380 e. The summed E-state index contributed by atoms with van der Waals surface area (Å²) in [5.74, 6) is 0. The van der Waals surface area contributed by atoms with Crippen molar-refractivity contribution in [2.45, 2.75) is 39.2 Å². The molecule has 1 fully saturated rings. The Morgan fingerprint density at radius 1 is 1.59 bits per heavy atom. The summed E-state index contributed by atoms with van der Waals surface area (Å²) >= 11 is 0. The molecule has 17 heavy (non-hydrogen) atoms. The highest BCUT2D eigenvalue weighted by Crippen LogP contribution is 2.26. The number of hydrogen-bond donors (Lipinski definition) is 2. The zero-order valence-electron chi connectivity index (χ0n) is 10.6. The lowest BCUT2D eigenvalue weighted by Gasteiger charge is -2.28. The molecule has 0 radical (unpaired) electrons. The van der Waals surface area contributed by atoms with E-state index in [1.165, 1.54) is 12.8 Å². The van der Waals surface area contributed by atoms with Crippen molar-refractivity contribution in [2.24, 2.45) is 5.10 Å². The molecular formula is C13H20N4. The van der Waals surface area contributed by atoms with Crippen molar-refractivity contribution in [1.29, 1.82) is 5.41 Å². The zero-order chi connectivity index (χ0) is 12.4. The molecule has 1 saturated carbocycles. The van der Waals surface area contributed by atoms with Gasteiger partial charge in [-0.25, -0.2) is 0 Å². The Hall–Kier alpha value is -1.58. The monoisotopic (exact) mass is 232 g/mol. The van der Waals surface area contributed by atoms with Crippen LogP contribution >= 0.6 is 0 Å². The molecule has 2 N–H and O–H groups in total. The summed E-state index contributed by atoms with van der Waals surface area (Å²) in [6.07, 6.45) is 4.98. The molecule has 1 heterocycles. The Balaban J connectivity index is 2.29. The summed E-state index contributed by atoms with van der Waals surface area (Å²) in [4.78, 5) is 0. The van der Waals surface area contributed by atoms with Gasteiger partial charge in [0.05, 0.1) is 17.6 Å². The van der Waals surface area contributed by atoms with E-state index in [0.717, 1.165) is 29.9 Å².